The molecule has 1 unspecified atom stereocenters. The molecule has 0 aliphatic heterocycles. The predicted octanol–water partition coefficient (Wildman–Crippen LogP) is 3.28. The Bertz CT molecular complexity index is 983. The second-order valence-electron chi connectivity index (χ2n) is 6.24. The van der Waals surface area contributed by atoms with Crippen molar-refractivity contribution in [2.24, 2.45) is 0 Å². The van der Waals surface area contributed by atoms with Crippen molar-refractivity contribution in [2.75, 3.05) is 5.32 Å². The molecule has 1 aromatic carbocycles. The maximum Gasteiger partial charge on any atom is 0.252 e. The molecule has 0 aliphatic carbocycles. The monoisotopic (exact) mass is 360 g/mol. The molecule has 3 aromatic rings. The third-order valence-electron chi connectivity index (χ3n) is 4.22. The summed E-state index contributed by atoms with van der Waals surface area (Å²) in [6, 6.07) is 13.5. The van der Waals surface area contributed by atoms with Crippen LogP contribution in [0.1, 0.15) is 41.8 Å². The minimum atomic E-state index is -0.332. The molecule has 27 heavy (non-hydrogen) atoms. The first-order valence-electron chi connectivity index (χ1n) is 8.70. The number of anilines is 1. The van der Waals surface area contributed by atoms with Gasteiger partial charge in [0.15, 0.2) is 5.82 Å². The second-order valence-corrected chi connectivity index (χ2v) is 6.24. The highest BCUT2D eigenvalue weighted by atomic mass is 16.2. The molecule has 1 amide bonds. The number of amides is 1. The zero-order valence-electron chi connectivity index (χ0n) is 15.5. The summed E-state index contributed by atoms with van der Waals surface area (Å²) < 4.78 is 1.40. The molecule has 1 atom stereocenters. The maximum absolute atomic E-state index is 12.9. The highest BCUT2D eigenvalue weighted by molar-refractivity contribution is 5.96. The van der Waals surface area contributed by atoms with Crippen molar-refractivity contribution in [1.29, 1.82) is 5.26 Å². The average Bonchev–Trinajstić information content (AvgIpc) is 3.05. The van der Waals surface area contributed by atoms with Gasteiger partial charge in [0.1, 0.15) is 11.6 Å². The van der Waals surface area contributed by atoms with Crippen LogP contribution < -0.4 is 5.32 Å². The minimum absolute atomic E-state index is 0.202. The first kappa shape index (κ1) is 18.3. The van der Waals surface area contributed by atoms with Crippen molar-refractivity contribution >= 4 is 11.7 Å². The number of nitrogens with zero attached hydrogens (tertiary/aromatic N) is 5. The first-order chi connectivity index (χ1) is 13.0. The lowest BCUT2D eigenvalue weighted by Gasteiger charge is -2.16. The smallest absolute Gasteiger partial charge is 0.252 e. The van der Waals surface area contributed by atoms with Crippen LogP contribution in [0, 0.1) is 25.2 Å². The molecule has 136 valence electrons. The van der Waals surface area contributed by atoms with E-state index in [2.05, 4.69) is 26.5 Å². The van der Waals surface area contributed by atoms with Crippen LogP contribution >= 0.6 is 0 Å². The van der Waals surface area contributed by atoms with E-state index in [1.807, 2.05) is 57.2 Å². The van der Waals surface area contributed by atoms with Crippen molar-refractivity contribution in [3.8, 4) is 12.0 Å². The fraction of sp³-hybridized carbons (Fsp3) is 0.250. The molecule has 0 aliphatic rings. The van der Waals surface area contributed by atoms with Crippen molar-refractivity contribution < 1.29 is 4.79 Å². The van der Waals surface area contributed by atoms with Gasteiger partial charge in [0.05, 0.1) is 12.1 Å². The Morgan fingerprint density at radius 1 is 1.22 bits per heavy atom. The summed E-state index contributed by atoms with van der Waals surface area (Å²) in [7, 11) is 0. The van der Waals surface area contributed by atoms with Gasteiger partial charge in [-0.1, -0.05) is 37.3 Å². The average molecular weight is 360 g/mol. The molecule has 7 nitrogen and oxygen atoms in total. The van der Waals surface area contributed by atoms with Gasteiger partial charge >= 0.3 is 0 Å². The van der Waals surface area contributed by atoms with E-state index in [1.165, 1.54) is 10.9 Å². The zero-order chi connectivity index (χ0) is 19.4. The van der Waals surface area contributed by atoms with E-state index in [1.54, 1.807) is 0 Å². The summed E-state index contributed by atoms with van der Waals surface area (Å²) >= 11 is 0. The number of carbonyl (C=O) groups is 1. The Morgan fingerprint density at radius 3 is 2.48 bits per heavy atom. The lowest BCUT2D eigenvalue weighted by Crippen LogP contribution is -2.23. The molecule has 0 saturated heterocycles. The molecule has 2 heterocycles. The number of nitriles is 1. The fourth-order valence-electron chi connectivity index (χ4n) is 2.97. The standard InChI is InChI=1S/C20H20N6O/c1-4-17(15-8-6-5-7-9-15)19(27)25-18-16(11-21)12-22-26(18)20-23-13(2)10-14(3)24-20/h5-10,12,17H,4H2,1-3H3,(H,25,27). The van der Waals surface area contributed by atoms with Gasteiger partial charge in [-0.15, -0.1) is 0 Å². The van der Waals surface area contributed by atoms with Crippen LogP contribution in [0.3, 0.4) is 0 Å². The van der Waals surface area contributed by atoms with Gasteiger partial charge in [0.2, 0.25) is 5.91 Å². The van der Waals surface area contributed by atoms with Crippen molar-refractivity contribution in [3.05, 3.63) is 65.1 Å². The minimum Gasteiger partial charge on any atom is -0.309 e. The SMILES string of the molecule is CCC(C(=O)Nc1c(C#N)cnn1-c1nc(C)cc(C)n1)c1ccccc1. The molecular formula is C20H20N6O. The van der Waals surface area contributed by atoms with E-state index in [9.17, 15) is 10.1 Å². The molecule has 0 radical (unpaired) electrons. The van der Waals surface area contributed by atoms with Crippen molar-refractivity contribution in [1.82, 2.24) is 19.7 Å². The van der Waals surface area contributed by atoms with E-state index < -0.39 is 0 Å². The highest BCUT2D eigenvalue weighted by Crippen LogP contribution is 2.24. The van der Waals surface area contributed by atoms with Gasteiger partial charge < -0.3 is 5.32 Å². The summed E-state index contributed by atoms with van der Waals surface area (Å²) in [6.45, 7) is 5.66. The van der Waals surface area contributed by atoms with Crippen LogP contribution in [0.15, 0.2) is 42.6 Å². The van der Waals surface area contributed by atoms with Gasteiger partial charge in [-0.05, 0) is 31.9 Å². The van der Waals surface area contributed by atoms with Gasteiger partial charge in [-0.25, -0.2) is 9.97 Å². The Kier molecular flexibility index (Phi) is 5.27. The summed E-state index contributed by atoms with van der Waals surface area (Å²) in [5.74, 6) is 0.0616. The number of carbonyl (C=O) groups excluding carboxylic acids is 1. The summed E-state index contributed by atoms with van der Waals surface area (Å²) in [5.41, 5.74) is 2.73. The summed E-state index contributed by atoms with van der Waals surface area (Å²) in [6.07, 6.45) is 2.03. The van der Waals surface area contributed by atoms with Gasteiger partial charge in [0, 0.05) is 11.4 Å². The normalized spacial score (nSPS) is 11.6. The van der Waals surface area contributed by atoms with E-state index in [-0.39, 0.29) is 23.2 Å². The van der Waals surface area contributed by atoms with Gasteiger partial charge in [-0.3, -0.25) is 4.79 Å². The predicted molar refractivity (Wildman–Crippen MR) is 101 cm³/mol. The number of rotatable bonds is 5. The van der Waals surface area contributed by atoms with E-state index in [0.717, 1.165) is 17.0 Å². The largest absolute Gasteiger partial charge is 0.309 e. The molecule has 0 bridgehead atoms. The molecule has 0 fully saturated rings. The summed E-state index contributed by atoms with van der Waals surface area (Å²) in [4.78, 5) is 21.7. The molecule has 7 heteroatoms. The molecule has 2 aromatic heterocycles. The third-order valence-corrected chi connectivity index (χ3v) is 4.22. The molecule has 0 saturated carbocycles. The van der Waals surface area contributed by atoms with Crippen LogP contribution in [-0.2, 0) is 4.79 Å². The fourth-order valence-corrected chi connectivity index (χ4v) is 2.97. The third kappa shape index (κ3) is 3.85. The number of aromatic nitrogens is 4. The van der Waals surface area contributed by atoms with E-state index >= 15 is 0 Å². The Balaban J connectivity index is 1.98. The van der Waals surface area contributed by atoms with Crippen LogP contribution in [0.25, 0.3) is 5.95 Å². The van der Waals surface area contributed by atoms with Gasteiger partial charge in [-0.2, -0.15) is 15.0 Å². The number of aryl methyl sites for hydroxylation is 2. The van der Waals surface area contributed by atoms with Crippen LogP contribution in [0.5, 0.6) is 0 Å². The quantitative estimate of drug-likeness (QED) is 0.753. The Hall–Kier alpha value is -3.53. The number of nitrogens with one attached hydrogen (secondary N) is 1. The number of hydrogen-bond acceptors (Lipinski definition) is 5. The molecule has 3 rings (SSSR count). The van der Waals surface area contributed by atoms with E-state index in [4.69, 9.17) is 0 Å². The van der Waals surface area contributed by atoms with Gasteiger partial charge in [0.25, 0.3) is 5.95 Å². The first-order valence-corrected chi connectivity index (χ1v) is 8.70. The lowest BCUT2D eigenvalue weighted by molar-refractivity contribution is -0.117. The number of hydrogen-bond donors (Lipinski definition) is 1. The molecule has 1 N–H and O–H groups in total. The van der Waals surface area contributed by atoms with Crippen LogP contribution in [0.4, 0.5) is 5.82 Å². The van der Waals surface area contributed by atoms with Crippen molar-refractivity contribution in [2.45, 2.75) is 33.1 Å². The topological polar surface area (TPSA) is 96.5 Å². The van der Waals surface area contributed by atoms with Crippen LogP contribution in [0.2, 0.25) is 0 Å². The second kappa shape index (κ2) is 7.79. The summed E-state index contributed by atoms with van der Waals surface area (Å²) in [5, 5.41) is 16.5. The lowest BCUT2D eigenvalue weighted by atomic mass is 9.95. The zero-order valence-corrected chi connectivity index (χ0v) is 15.5. The molecule has 0 spiro atoms. The van der Waals surface area contributed by atoms with Crippen LogP contribution in [-0.4, -0.2) is 25.7 Å². The van der Waals surface area contributed by atoms with Crippen molar-refractivity contribution in [3.63, 3.8) is 0 Å². The maximum atomic E-state index is 12.9. The molecular weight excluding hydrogens is 340 g/mol. The highest BCUT2D eigenvalue weighted by Gasteiger charge is 2.23. The number of benzene rings is 1. The van der Waals surface area contributed by atoms with E-state index in [0.29, 0.717) is 12.4 Å². The Morgan fingerprint density at radius 2 is 1.89 bits per heavy atom. The Labute approximate surface area is 157 Å².